The molecule has 0 atom stereocenters. The van der Waals surface area contributed by atoms with Gasteiger partial charge in [0.2, 0.25) is 5.91 Å². The summed E-state index contributed by atoms with van der Waals surface area (Å²) in [7, 11) is 0. The van der Waals surface area contributed by atoms with Crippen LogP contribution in [0.4, 0.5) is 10.1 Å². The maximum Gasteiger partial charge on any atom is 0.224 e. The molecule has 1 amide bonds. The van der Waals surface area contributed by atoms with Crippen molar-refractivity contribution in [2.45, 2.75) is 32.6 Å². The highest BCUT2D eigenvalue weighted by Gasteiger charge is 2.21. The molecule has 1 aliphatic rings. The summed E-state index contributed by atoms with van der Waals surface area (Å²) in [5.74, 6) is 0.157. The maximum atomic E-state index is 13.4. The number of hydrogen-bond donors (Lipinski definition) is 1. The normalized spacial score (nSPS) is 15.5. The van der Waals surface area contributed by atoms with Gasteiger partial charge in [-0.25, -0.2) is 4.39 Å². The Morgan fingerprint density at radius 3 is 2.82 bits per heavy atom. The number of halogens is 2. The third-order valence-corrected chi connectivity index (χ3v) is 3.85. The first-order valence-corrected chi connectivity index (χ1v) is 6.61. The highest BCUT2D eigenvalue weighted by atomic mass is 79.9. The van der Waals surface area contributed by atoms with E-state index in [9.17, 15) is 9.18 Å². The molecule has 1 fully saturated rings. The summed E-state index contributed by atoms with van der Waals surface area (Å²) >= 11 is 3.12. The van der Waals surface area contributed by atoms with Gasteiger partial charge in [0.15, 0.2) is 0 Å². The van der Waals surface area contributed by atoms with Crippen LogP contribution in [0.25, 0.3) is 0 Å². The molecule has 0 saturated heterocycles. The van der Waals surface area contributed by atoms with Gasteiger partial charge in [0.25, 0.3) is 0 Å². The van der Waals surface area contributed by atoms with Gasteiger partial charge in [-0.15, -0.1) is 0 Å². The van der Waals surface area contributed by atoms with Crippen LogP contribution in [0.1, 0.15) is 31.2 Å². The molecule has 1 saturated carbocycles. The van der Waals surface area contributed by atoms with Crippen molar-refractivity contribution >= 4 is 27.5 Å². The molecular weight excluding hydrogens is 285 g/mol. The fraction of sp³-hybridized carbons (Fsp3) is 0.462. The third-order valence-electron chi connectivity index (χ3n) is 3.24. The molecular formula is C13H15BrFNO. The second-order valence-corrected chi connectivity index (χ2v) is 5.48. The highest BCUT2D eigenvalue weighted by Crippen LogP contribution is 2.30. The number of carbonyl (C=O) groups excluding carboxylic acids is 1. The Morgan fingerprint density at radius 2 is 2.24 bits per heavy atom. The molecule has 0 aromatic heterocycles. The zero-order valence-corrected chi connectivity index (χ0v) is 11.3. The van der Waals surface area contributed by atoms with E-state index < -0.39 is 0 Å². The Labute approximate surface area is 109 Å². The van der Waals surface area contributed by atoms with Crippen LogP contribution in [0, 0.1) is 18.7 Å². The van der Waals surface area contributed by atoms with E-state index in [1.54, 1.807) is 6.07 Å². The number of amides is 1. The average Bonchev–Trinajstić information content (AvgIpc) is 2.20. The van der Waals surface area contributed by atoms with Gasteiger partial charge < -0.3 is 5.32 Å². The van der Waals surface area contributed by atoms with Crippen molar-refractivity contribution in [3.8, 4) is 0 Å². The molecule has 1 aromatic rings. The van der Waals surface area contributed by atoms with Crippen molar-refractivity contribution in [2.75, 3.05) is 5.32 Å². The molecule has 0 heterocycles. The SMILES string of the molecule is Cc1cc(Br)c(F)cc1NC(=O)CC1CCC1. The smallest absolute Gasteiger partial charge is 0.224 e. The Bertz CT molecular complexity index is 443. The maximum absolute atomic E-state index is 13.4. The van der Waals surface area contributed by atoms with Crippen LogP contribution >= 0.6 is 15.9 Å². The van der Waals surface area contributed by atoms with Crippen LogP contribution in [-0.4, -0.2) is 5.91 Å². The molecule has 1 aliphatic carbocycles. The van der Waals surface area contributed by atoms with E-state index in [1.165, 1.54) is 12.5 Å². The number of hydrogen-bond acceptors (Lipinski definition) is 1. The van der Waals surface area contributed by atoms with Gasteiger partial charge in [-0.1, -0.05) is 6.42 Å². The third kappa shape index (κ3) is 3.06. The van der Waals surface area contributed by atoms with Crippen molar-refractivity contribution in [1.29, 1.82) is 0 Å². The molecule has 1 N–H and O–H groups in total. The second-order valence-electron chi connectivity index (χ2n) is 4.63. The molecule has 1 aromatic carbocycles. The Balaban J connectivity index is 2.02. The minimum Gasteiger partial charge on any atom is -0.326 e. The molecule has 4 heteroatoms. The van der Waals surface area contributed by atoms with Crippen LogP contribution in [0.5, 0.6) is 0 Å². The van der Waals surface area contributed by atoms with Gasteiger partial charge in [0.1, 0.15) is 5.82 Å². The Hall–Kier alpha value is -0.900. The molecule has 2 rings (SSSR count). The lowest BCUT2D eigenvalue weighted by Gasteiger charge is -2.24. The van der Waals surface area contributed by atoms with Gasteiger partial charge in [-0.3, -0.25) is 4.79 Å². The number of nitrogens with one attached hydrogen (secondary N) is 1. The van der Waals surface area contributed by atoms with E-state index in [-0.39, 0.29) is 11.7 Å². The van der Waals surface area contributed by atoms with Crippen molar-refractivity contribution in [2.24, 2.45) is 5.92 Å². The van der Waals surface area contributed by atoms with E-state index in [0.29, 0.717) is 22.5 Å². The molecule has 0 radical (unpaired) electrons. The van der Waals surface area contributed by atoms with Crippen molar-refractivity contribution in [1.82, 2.24) is 0 Å². The topological polar surface area (TPSA) is 29.1 Å². The minimum atomic E-state index is -0.352. The second kappa shape index (κ2) is 5.17. The fourth-order valence-corrected chi connectivity index (χ4v) is 2.40. The molecule has 0 unspecified atom stereocenters. The fourth-order valence-electron chi connectivity index (χ4n) is 1.94. The summed E-state index contributed by atoms with van der Waals surface area (Å²) in [6.07, 6.45) is 4.06. The van der Waals surface area contributed by atoms with Gasteiger partial charge >= 0.3 is 0 Å². The van der Waals surface area contributed by atoms with E-state index in [1.807, 2.05) is 6.92 Å². The predicted octanol–water partition coefficient (Wildman–Crippen LogP) is 4.03. The first-order chi connectivity index (χ1) is 8.06. The Morgan fingerprint density at radius 1 is 1.53 bits per heavy atom. The van der Waals surface area contributed by atoms with Crippen molar-refractivity contribution < 1.29 is 9.18 Å². The minimum absolute atomic E-state index is 0.0143. The lowest BCUT2D eigenvalue weighted by Crippen LogP contribution is -2.21. The highest BCUT2D eigenvalue weighted by molar-refractivity contribution is 9.10. The average molecular weight is 300 g/mol. The van der Waals surface area contributed by atoms with Gasteiger partial charge in [0.05, 0.1) is 4.47 Å². The predicted molar refractivity (Wildman–Crippen MR) is 69.4 cm³/mol. The zero-order valence-electron chi connectivity index (χ0n) is 9.72. The molecule has 0 spiro atoms. The van der Waals surface area contributed by atoms with E-state index in [0.717, 1.165) is 18.4 Å². The molecule has 0 aliphatic heterocycles. The largest absolute Gasteiger partial charge is 0.326 e. The first-order valence-electron chi connectivity index (χ1n) is 5.82. The quantitative estimate of drug-likeness (QED) is 0.897. The number of rotatable bonds is 3. The lowest BCUT2D eigenvalue weighted by molar-refractivity contribution is -0.117. The van der Waals surface area contributed by atoms with Crippen molar-refractivity contribution in [3.05, 3.63) is 28.0 Å². The summed E-state index contributed by atoms with van der Waals surface area (Å²) in [6.45, 7) is 1.85. The van der Waals surface area contributed by atoms with Gasteiger partial charge in [-0.05, 0) is 59.3 Å². The summed E-state index contributed by atoms with van der Waals surface area (Å²) < 4.78 is 13.8. The monoisotopic (exact) mass is 299 g/mol. The number of anilines is 1. The Kier molecular flexibility index (Phi) is 3.82. The van der Waals surface area contributed by atoms with Crippen LogP contribution in [0.15, 0.2) is 16.6 Å². The van der Waals surface area contributed by atoms with Crippen LogP contribution in [0.2, 0.25) is 0 Å². The lowest BCUT2D eigenvalue weighted by atomic mass is 9.83. The number of benzene rings is 1. The summed E-state index contributed by atoms with van der Waals surface area (Å²) in [5, 5.41) is 2.78. The first kappa shape index (κ1) is 12.6. The van der Waals surface area contributed by atoms with E-state index >= 15 is 0 Å². The zero-order chi connectivity index (χ0) is 12.4. The molecule has 0 bridgehead atoms. The molecule has 2 nitrogen and oxygen atoms in total. The van der Waals surface area contributed by atoms with E-state index in [2.05, 4.69) is 21.2 Å². The summed E-state index contributed by atoms with van der Waals surface area (Å²) in [5.41, 5.74) is 1.43. The molecule has 17 heavy (non-hydrogen) atoms. The standard InChI is InChI=1S/C13H15BrFNO/c1-8-5-10(14)11(15)7-12(8)16-13(17)6-9-3-2-4-9/h5,7,9H,2-4,6H2,1H3,(H,16,17). The van der Waals surface area contributed by atoms with Gasteiger partial charge in [-0.2, -0.15) is 0 Å². The van der Waals surface area contributed by atoms with Gasteiger partial charge in [0, 0.05) is 12.1 Å². The van der Waals surface area contributed by atoms with E-state index in [4.69, 9.17) is 0 Å². The molecule has 92 valence electrons. The summed E-state index contributed by atoms with van der Waals surface area (Å²) in [4.78, 5) is 11.7. The number of aryl methyl sites for hydroxylation is 1. The van der Waals surface area contributed by atoms with Crippen LogP contribution in [-0.2, 0) is 4.79 Å². The van der Waals surface area contributed by atoms with Crippen LogP contribution in [0.3, 0.4) is 0 Å². The summed E-state index contributed by atoms with van der Waals surface area (Å²) in [6, 6.07) is 3.03. The number of carbonyl (C=O) groups is 1. The van der Waals surface area contributed by atoms with Crippen LogP contribution < -0.4 is 5.32 Å². The van der Waals surface area contributed by atoms with Crippen molar-refractivity contribution in [3.63, 3.8) is 0 Å².